The summed E-state index contributed by atoms with van der Waals surface area (Å²) in [6, 6.07) is 15.8. The molecule has 4 aromatic rings. The molecule has 0 bridgehead atoms. The van der Waals surface area contributed by atoms with Crippen LogP contribution in [-0.4, -0.2) is 35.8 Å². The number of sulfonamides is 1. The Morgan fingerprint density at radius 2 is 1.95 bits per heavy atom. The van der Waals surface area contributed by atoms with E-state index in [1.165, 1.54) is 0 Å². The number of H-pyrrole nitrogens is 1. The molecule has 2 N–H and O–H groups in total. The summed E-state index contributed by atoms with van der Waals surface area (Å²) < 4.78 is 27.4. The predicted octanol–water partition coefficient (Wildman–Crippen LogP) is 5.97. The molecule has 1 fully saturated rings. The van der Waals surface area contributed by atoms with Crippen LogP contribution in [0.4, 0.5) is 11.4 Å². The molecular weight excluding hydrogens is 482 g/mol. The fourth-order valence-corrected chi connectivity index (χ4v) is 6.40. The van der Waals surface area contributed by atoms with Gasteiger partial charge in [-0.15, -0.1) is 0 Å². The second kappa shape index (κ2) is 10.6. The third-order valence-electron chi connectivity index (χ3n) is 6.82. The van der Waals surface area contributed by atoms with Crippen molar-refractivity contribution in [3.8, 4) is 6.07 Å². The van der Waals surface area contributed by atoms with Gasteiger partial charge in [0.1, 0.15) is 6.07 Å². The van der Waals surface area contributed by atoms with Gasteiger partial charge in [0, 0.05) is 53.8 Å². The van der Waals surface area contributed by atoms with Crippen molar-refractivity contribution in [3.05, 3.63) is 88.9 Å². The Morgan fingerprint density at radius 1 is 1.11 bits per heavy atom. The Hall–Kier alpha value is -3.93. The fourth-order valence-electron chi connectivity index (χ4n) is 4.80. The van der Waals surface area contributed by atoms with Crippen LogP contribution >= 0.6 is 0 Å². The van der Waals surface area contributed by atoms with Gasteiger partial charge < -0.3 is 10.3 Å². The van der Waals surface area contributed by atoms with E-state index in [1.807, 2.05) is 67.7 Å². The van der Waals surface area contributed by atoms with E-state index >= 15 is 0 Å². The molecule has 8 heteroatoms. The van der Waals surface area contributed by atoms with Crippen LogP contribution in [0.2, 0.25) is 0 Å². The molecule has 0 saturated carbocycles. The number of aromatic nitrogens is 2. The lowest BCUT2D eigenvalue weighted by molar-refractivity contribution is 0.346. The first-order valence-corrected chi connectivity index (χ1v) is 14.0. The fraction of sp³-hybridized carbons (Fsp3) is 0.241. The zero-order valence-electron chi connectivity index (χ0n) is 20.7. The van der Waals surface area contributed by atoms with Gasteiger partial charge in [-0.05, 0) is 54.7 Å². The molecule has 0 atom stereocenters. The first-order chi connectivity index (χ1) is 17.9. The summed E-state index contributed by atoms with van der Waals surface area (Å²) in [6.45, 7) is 3.26. The molecule has 188 valence electrons. The summed E-state index contributed by atoms with van der Waals surface area (Å²) in [5.41, 5.74) is 6.56. The number of aryl methyl sites for hydroxylation is 1. The quantitative estimate of drug-likeness (QED) is 0.318. The smallest absolute Gasteiger partial charge is 0.218 e. The molecule has 2 aromatic heterocycles. The molecule has 7 nitrogen and oxygen atoms in total. The number of anilines is 2. The highest BCUT2D eigenvalue weighted by Gasteiger charge is 2.24. The van der Waals surface area contributed by atoms with Crippen LogP contribution < -0.4 is 5.32 Å². The Bertz CT molecular complexity index is 1610. The van der Waals surface area contributed by atoms with Gasteiger partial charge in [-0.1, -0.05) is 42.8 Å². The summed E-state index contributed by atoms with van der Waals surface area (Å²) in [6.07, 6.45) is 11.9. The maximum absolute atomic E-state index is 12.9. The largest absolute Gasteiger partial charge is 0.361 e. The molecule has 0 aliphatic carbocycles. The van der Waals surface area contributed by atoms with E-state index in [2.05, 4.69) is 21.4 Å². The molecule has 0 radical (unpaired) electrons. The number of nitrogens with zero attached hydrogens (tertiary/aromatic N) is 3. The molecule has 3 heterocycles. The Labute approximate surface area is 217 Å². The number of fused-ring (bicyclic) bond motifs is 1. The average Bonchev–Trinajstić information content (AvgIpc) is 3.40. The van der Waals surface area contributed by atoms with Crippen LogP contribution in [0, 0.1) is 18.3 Å². The minimum atomic E-state index is -3.34. The van der Waals surface area contributed by atoms with E-state index in [1.54, 1.807) is 16.7 Å². The summed E-state index contributed by atoms with van der Waals surface area (Å²) >= 11 is 0. The molecule has 0 amide bonds. The topological polar surface area (TPSA) is 102 Å². The number of aromatic amines is 1. The molecule has 2 aromatic carbocycles. The third kappa shape index (κ3) is 5.43. The lowest BCUT2D eigenvalue weighted by atomic mass is 10.1. The van der Waals surface area contributed by atoms with Crippen molar-refractivity contribution in [1.29, 1.82) is 5.26 Å². The molecule has 1 aliphatic heterocycles. The second-order valence-electron chi connectivity index (χ2n) is 9.36. The van der Waals surface area contributed by atoms with Crippen LogP contribution in [0.25, 0.3) is 23.1 Å². The Kier molecular flexibility index (Phi) is 7.08. The number of rotatable bonds is 7. The molecule has 5 rings (SSSR count). The van der Waals surface area contributed by atoms with E-state index in [-0.39, 0.29) is 5.75 Å². The van der Waals surface area contributed by atoms with Gasteiger partial charge in [0.15, 0.2) is 0 Å². The standard InChI is InChI=1S/C29H29N5O2S/c1-21-26-12-13-32-28(26)11-10-27(21)33-29-24(18-31-19-25(29)17-30)9-8-22-6-5-7-23(16-22)20-37(35,36)34-14-3-2-4-15-34/h5-13,16,18-19,32H,2-4,14-15,20H2,1H3,(H,31,33)/b9-8+. The zero-order chi connectivity index (χ0) is 25.8. The zero-order valence-corrected chi connectivity index (χ0v) is 21.6. The van der Waals surface area contributed by atoms with Gasteiger partial charge in [-0.3, -0.25) is 4.98 Å². The normalized spacial score (nSPS) is 14.7. The number of piperidine rings is 1. The summed E-state index contributed by atoms with van der Waals surface area (Å²) in [7, 11) is -3.34. The summed E-state index contributed by atoms with van der Waals surface area (Å²) in [5, 5.41) is 14.3. The minimum Gasteiger partial charge on any atom is -0.361 e. The predicted molar refractivity (Wildman–Crippen MR) is 149 cm³/mol. The molecular formula is C29H29N5O2S. The van der Waals surface area contributed by atoms with Crippen LogP contribution in [0.1, 0.15) is 47.1 Å². The molecule has 1 saturated heterocycles. The van der Waals surface area contributed by atoms with Crippen molar-refractivity contribution < 1.29 is 8.42 Å². The van der Waals surface area contributed by atoms with Gasteiger partial charge in [-0.2, -0.15) is 5.26 Å². The van der Waals surface area contributed by atoms with Crippen molar-refractivity contribution in [2.75, 3.05) is 18.4 Å². The van der Waals surface area contributed by atoms with Crippen LogP contribution in [0.15, 0.2) is 61.1 Å². The number of hydrogen-bond acceptors (Lipinski definition) is 5. The first kappa shape index (κ1) is 24.8. The summed E-state index contributed by atoms with van der Waals surface area (Å²) in [5.74, 6) is -0.00608. The van der Waals surface area contributed by atoms with E-state index in [9.17, 15) is 13.7 Å². The lowest BCUT2D eigenvalue weighted by Crippen LogP contribution is -2.36. The highest BCUT2D eigenvalue weighted by Crippen LogP contribution is 2.31. The molecule has 0 unspecified atom stereocenters. The molecule has 1 aliphatic rings. The van der Waals surface area contributed by atoms with Crippen molar-refractivity contribution >= 4 is 44.5 Å². The average molecular weight is 512 g/mol. The molecule has 0 spiro atoms. The number of pyridine rings is 1. The van der Waals surface area contributed by atoms with Crippen LogP contribution in [-0.2, 0) is 15.8 Å². The Balaban J connectivity index is 1.41. The number of benzene rings is 2. The summed E-state index contributed by atoms with van der Waals surface area (Å²) in [4.78, 5) is 7.47. The number of nitrogens with one attached hydrogen (secondary N) is 2. The first-order valence-electron chi connectivity index (χ1n) is 12.4. The highest BCUT2D eigenvalue weighted by molar-refractivity contribution is 7.88. The second-order valence-corrected chi connectivity index (χ2v) is 11.3. The lowest BCUT2D eigenvalue weighted by Gasteiger charge is -2.25. The van der Waals surface area contributed by atoms with E-state index in [4.69, 9.17) is 0 Å². The molecule has 37 heavy (non-hydrogen) atoms. The monoisotopic (exact) mass is 511 g/mol. The van der Waals surface area contributed by atoms with Crippen molar-refractivity contribution in [2.24, 2.45) is 0 Å². The van der Waals surface area contributed by atoms with E-state index in [0.29, 0.717) is 24.3 Å². The van der Waals surface area contributed by atoms with E-state index < -0.39 is 10.0 Å². The SMILES string of the molecule is Cc1c(Nc2c(C#N)cncc2/C=C/c2cccc(CS(=O)(=O)N3CCCCC3)c2)ccc2[nH]ccc12. The van der Waals surface area contributed by atoms with E-state index in [0.717, 1.165) is 58.1 Å². The van der Waals surface area contributed by atoms with Gasteiger partial charge in [0.25, 0.3) is 0 Å². The van der Waals surface area contributed by atoms with Crippen LogP contribution in [0.5, 0.6) is 0 Å². The highest BCUT2D eigenvalue weighted by atomic mass is 32.2. The maximum Gasteiger partial charge on any atom is 0.218 e. The van der Waals surface area contributed by atoms with Gasteiger partial charge >= 0.3 is 0 Å². The third-order valence-corrected chi connectivity index (χ3v) is 8.67. The van der Waals surface area contributed by atoms with Gasteiger partial charge in [-0.25, -0.2) is 12.7 Å². The number of hydrogen-bond donors (Lipinski definition) is 2. The minimum absolute atomic E-state index is 0.00608. The maximum atomic E-state index is 12.9. The van der Waals surface area contributed by atoms with Crippen molar-refractivity contribution in [2.45, 2.75) is 31.9 Å². The number of nitriles is 1. The Morgan fingerprint density at radius 3 is 2.76 bits per heavy atom. The van der Waals surface area contributed by atoms with Crippen molar-refractivity contribution in [3.63, 3.8) is 0 Å². The van der Waals surface area contributed by atoms with Crippen LogP contribution in [0.3, 0.4) is 0 Å². The van der Waals surface area contributed by atoms with Gasteiger partial charge in [0.2, 0.25) is 10.0 Å². The van der Waals surface area contributed by atoms with Gasteiger partial charge in [0.05, 0.1) is 17.0 Å². The van der Waals surface area contributed by atoms with Crippen molar-refractivity contribution in [1.82, 2.24) is 14.3 Å².